The number of nitrogens with one attached hydrogen (secondary N) is 1. The number of nitrogens with zero attached hydrogens (tertiary/aromatic N) is 3. The van der Waals surface area contributed by atoms with Crippen molar-refractivity contribution in [3.05, 3.63) is 18.6 Å². The number of rotatable bonds is 5. The van der Waals surface area contributed by atoms with Crippen LogP contribution in [0, 0.1) is 5.92 Å². The van der Waals surface area contributed by atoms with Gasteiger partial charge in [-0.05, 0) is 31.8 Å². The number of likely N-dealkylation sites (tertiary alicyclic amines) is 1. The van der Waals surface area contributed by atoms with Gasteiger partial charge < -0.3 is 10.2 Å². The average Bonchev–Trinajstić information content (AvgIpc) is 2.39. The molecule has 17 heavy (non-hydrogen) atoms. The fourth-order valence-electron chi connectivity index (χ4n) is 2.32. The molecule has 94 valence electrons. The van der Waals surface area contributed by atoms with Crippen LogP contribution < -0.4 is 5.32 Å². The van der Waals surface area contributed by atoms with E-state index in [-0.39, 0.29) is 0 Å². The summed E-state index contributed by atoms with van der Waals surface area (Å²) in [6.45, 7) is 6.99. The third-order valence-electron chi connectivity index (χ3n) is 3.21. The molecule has 1 aromatic heterocycles. The second-order valence-electron chi connectivity index (χ2n) is 4.94. The highest BCUT2D eigenvalue weighted by atomic mass is 15.1. The molecule has 0 aromatic carbocycles. The lowest BCUT2D eigenvalue weighted by atomic mass is 10.1. The largest absolute Gasteiger partial charge is 0.368 e. The van der Waals surface area contributed by atoms with Crippen molar-refractivity contribution in [3.8, 4) is 0 Å². The first-order valence-electron chi connectivity index (χ1n) is 6.57. The summed E-state index contributed by atoms with van der Waals surface area (Å²) >= 11 is 0. The maximum Gasteiger partial charge on any atom is 0.144 e. The first-order chi connectivity index (χ1) is 8.34. The first kappa shape index (κ1) is 12.3. The van der Waals surface area contributed by atoms with Gasteiger partial charge in [0.15, 0.2) is 0 Å². The summed E-state index contributed by atoms with van der Waals surface area (Å²) in [6.07, 6.45) is 9.32. The maximum atomic E-state index is 4.21. The van der Waals surface area contributed by atoms with Crippen LogP contribution in [0.5, 0.6) is 0 Å². The van der Waals surface area contributed by atoms with Gasteiger partial charge in [-0.1, -0.05) is 13.3 Å². The minimum atomic E-state index is 0.648. The van der Waals surface area contributed by atoms with Crippen LogP contribution in [0.25, 0.3) is 0 Å². The molecular weight excluding hydrogens is 212 g/mol. The molecule has 0 saturated carbocycles. The topological polar surface area (TPSA) is 41.1 Å². The molecule has 1 aliphatic heterocycles. The molecule has 0 amide bonds. The molecule has 0 spiro atoms. The zero-order valence-electron chi connectivity index (χ0n) is 10.6. The molecule has 2 rings (SSSR count). The van der Waals surface area contributed by atoms with Gasteiger partial charge >= 0.3 is 0 Å². The Hall–Kier alpha value is -1.16. The number of aromatic nitrogens is 2. The summed E-state index contributed by atoms with van der Waals surface area (Å²) in [5.74, 6) is 1.52. The van der Waals surface area contributed by atoms with E-state index in [1.165, 1.54) is 38.9 Å². The summed E-state index contributed by atoms with van der Waals surface area (Å²) in [4.78, 5) is 10.8. The molecular formula is C13H22N4. The minimum Gasteiger partial charge on any atom is -0.368 e. The predicted molar refractivity (Wildman–Crippen MR) is 70.0 cm³/mol. The number of hydrogen-bond acceptors (Lipinski definition) is 4. The standard InChI is InChI=1S/C13H22N4/c1-12(11-17-7-3-2-4-8-17)9-16-13-10-14-5-6-15-13/h5-6,10,12H,2-4,7-9,11H2,1H3,(H,15,16). The predicted octanol–water partition coefficient (Wildman–Crippen LogP) is 2.01. The maximum absolute atomic E-state index is 4.21. The van der Waals surface area contributed by atoms with Gasteiger partial charge in [0.2, 0.25) is 0 Å². The lowest BCUT2D eigenvalue weighted by Crippen LogP contribution is -2.35. The van der Waals surface area contributed by atoms with E-state index in [1.807, 2.05) is 0 Å². The van der Waals surface area contributed by atoms with Crippen LogP contribution in [-0.2, 0) is 0 Å². The Balaban J connectivity index is 1.68. The van der Waals surface area contributed by atoms with Gasteiger partial charge in [0.05, 0.1) is 6.20 Å². The van der Waals surface area contributed by atoms with Gasteiger partial charge in [0, 0.05) is 25.5 Å². The van der Waals surface area contributed by atoms with Crippen LogP contribution in [0.3, 0.4) is 0 Å². The molecule has 0 aliphatic carbocycles. The Labute approximate surface area is 103 Å². The monoisotopic (exact) mass is 234 g/mol. The van der Waals surface area contributed by atoms with Crippen molar-refractivity contribution in [2.45, 2.75) is 26.2 Å². The van der Waals surface area contributed by atoms with E-state index in [2.05, 4.69) is 27.1 Å². The second-order valence-corrected chi connectivity index (χ2v) is 4.94. The molecule has 1 aliphatic rings. The summed E-state index contributed by atoms with van der Waals surface area (Å²) < 4.78 is 0. The van der Waals surface area contributed by atoms with Crippen molar-refractivity contribution in [2.24, 2.45) is 5.92 Å². The molecule has 1 fully saturated rings. The molecule has 1 unspecified atom stereocenters. The van der Waals surface area contributed by atoms with Crippen molar-refractivity contribution in [1.82, 2.24) is 14.9 Å². The van der Waals surface area contributed by atoms with Crippen LogP contribution in [0.15, 0.2) is 18.6 Å². The Morgan fingerprint density at radius 3 is 2.82 bits per heavy atom. The van der Waals surface area contributed by atoms with E-state index in [0.717, 1.165) is 12.4 Å². The second kappa shape index (κ2) is 6.55. The highest BCUT2D eigenvalue weighted by Crippen LogP contribution is 2.11. The van der Waals surface area contributed by atoms with Crippen LogP contribution in [0.4, 0.5) is 5.82 Å². The highest BCUT2D eigenvalue weighted by Gasteiger charge is 2.13. The summed E-state index contributed by atoms with van der Waals surface area (Å²) in [6, 6.07) is 0. The summed E-state index contributed by atoms with van der Waals surface area (Å²) in [5, 5.41) is 3.33. The normalized spacial score (nSPS) is 18.9. The van der Waals surface area contributed by atoms with Gasteiger partial charge in [0.1, 0.15) is 5.82 Å². The molecule has 0 bridgehead atoms. The molecule has 1 aromatic rings. The van der Waals surface area contributed by atoms with Gasteiger partial charge in [-0.2, -0.15) is 0 Å². The molecule has 0 radical (unpaired) electrons. The Kier molecular flexibility index (Phi) is 4.74. The zero-order chi connectivity index (χ0) is 11.9. The van der Waals surface area contributed by atoms with E-state index in [1.54, 1.807) is 18.6 Å². The lowest BCUT2D eigenvalue weighted by Gasteiger charge is -2.29. The molecule has 1 atom stereocenters. The van der Waals surface area contributed by atoms with Crippen LogP contribution in [0.2, 0.25) is 0 Å². The fourth-order valence-corrected chi connectivity index (χ4v) is 2.32. The van der Waals surface area contributed by atoms with Gasteiger partial charge in [0.25, 0.3) is 0 Å². The minimum absolute atomic E-state index is 0.648. The van der Waals surface area contributed by atoms with Gasteiger partial charge in [-0.25, -0.2) is 4.98 Å². The SMILES string of the molecule is CC(CNc1cnccn1)CN1CCCCC1. The van der Waals surface area contributed by atoms with E-state index >= 15 is 0 Å². The Morgan fingerprint density at radius 1 is 1.29 bits per heavy atom. The molecule has 4 heteroatoms. The quantitative estimate of drug-likeness (QED) is 0.846. The highest BCUT2D eigenvalue weighted by molar-refractivity contribution is 5.29. The van der Waals surface area contributed by atoms with Crippen molar-refractivity contribution in [2.75, 3.05) is 31.5 Å². The van der Waals surface area contributed by atoms with Crippen LogP contribution in [-0.4, -0.2) is 41.0 Å². The van der Waals surface area contributed by atoms with E-state index in [4.69, 9.17) is 0 Å². The summed E-state index contributed by atoms with van der Waals surface area (Å²) in [5.41, 5.74) is 0. The van der Waals surface area contributed by atoms with Gasteiger partial charge in [-0.15, -0.1) is 0 Å². The van der Waals surface area contributed by atoms with Crippen molar-refractivity contribution in [1.29, 1.82) is 0 Å². The molecule has 1 N–H and O–H groups in total. The zero-order valence-corrected chi connectivity index (χ0v) is 10.6. The Morgan fingerprint density at radius 2 is 2.12 bits per heavy atom. The van der Waals surface area contributed by atoms with Crippen LogP contribution >= 0.6 is 0 Å². The van der Waals surface area contributed by atoms with E-state index in [9.17, 15) is 0 Å². The number of hydrogen-bond donors (Lipinski definition) is 1. The van der Waals surface area contributed by atoms with Gasteiger partial charge in [-0.3, -0.25) is 4.98 Å². The third kappa shape index (κ3) is 4.30. The first-order valence-corrected chi connectivity index (χ1v) is 6.57. The lowest BCUT2D eigenvalue weighted by molar-refractivity contribution is 0.204. The Bertz CT molecular complexity index is 308. The fraction of sp³-hybridized carbons (Fsp3) is 0.692. The van der Waals surface area contributed by atoms with E-state index < -0.39 is 0 Å². The van der Waals surface area contributed by atoms with Crippen LogP contribution in [0.1, 0.15) is 26.2 Å². The smallest absolute Gasteiger partial charge is 0.144 e. The van der Waals surface area contributed by atoms with E-state index in [0.29, 0.717) is 5.92 Å². The molecule has 4 nitrogen and oxygen atoms in total. The van der Waals surface area contributed by atoms with Crippen molar-refractivity contribution < 1.29 is 0 Å². The molecule has 1 saturated heterocycles. The number of piperidine rings is 1. The summed E-state index contributed by atoms with van der Waals surface area (Å²) in [7, 11) is 0. The van der Waals surface area contributed by atoms with Crippen molar-refractivity contribution >= 4 is 5.82 Å². The third-order valence-corrected chi connectivity index (χ3v) is 3.21. The molecule has 2 heterocycles. The average molecular weight is 234 g/mol. The number of anilines is 1. The van der Waals surface area contributed by atoms with Crippen molar-refractivity contribution in [3.63, 3.8) is 0 Å².